The minimum absolute atomic E-state index is 0.00730. The van der Waals surface area contributed by atoms with E-state index in [1.165, 1.54) is 0 Å². The fraction of sp³-hybridized carbons (Fsp3) is 0.300. The van der Waals surface area contributed by atoms with Crippen LogP contribution >= 0.6 is 11.3 Å². The summed E-state index contributed by atoms with van der Waals surface area (Å²) < 4.78 is 5.70. The Morgan fingerprint density at radius 1 is 1.32 bits per heavy atom. The molecule has 1 fully saturated rings. The molecule has 5 heteroatoms. The molecular weight excluding hydrogens is 332 g/mol. The maximum atomic E-state index is 13.0. The van der Waals surface area contributed by atoms with Crippen molar-refractivity contribution < 1.29 is 9.53 Å². The molecule has 128 valence electrons. The monoisotopic (exact) mass is 352 g/mol. The van der Waals surface area contributed by atoms with Crippen molar-refractivity contribution in [2.24, 2.45) is 0 Å². The Morgan fingerprint density at radius 3 is 2.96 bits per heavy atom. The number of carbonyl (C=O) groups excluding carboxylic acids is 1. The zero-order valence-electron chi connectivity index (χ0n) is 14.1. The molecule has 1 aliphatic rings. The number of ether oxygens (including phenoxy) is 1. The number of para-hydroxylation sites is 1. The van der Waals surface area contributed by atoms with Gasteiger partial charge in [-0.1, -0.05) is 24.3 Å². The summed E-state index contributed by atoms with van der Waals surface area (Å²) >= 11 is 1.63. The Kier molecular flexibility index (Phi) is 4.51. The number of nitrogens with one attached hydrogen (secondary N) is 1. The van der Waals surface area contributed by atoms with Gasteiger partial charge in [-0.2, -0.15) is 0 Å². The first-order valence-electron chi connectivity index (χ1n) is 8.58. The molecule has 0 unspecified atom stereocenters. The minimum atomic E-state index is -0.0700. The normalized spacial score (nSPS) is 18.4. The van der Waals surface area contributed by atoms with Crippen LogP contribution in [0.2, 0.25) is 0 Å². The maximum Gasteiger partial charge on any atom is 0.252 e. The fourth-order valence-corrected chi connectivity index (χ4v) is 3.97. The number of amides is 1. The van der Waals surface area contributed by atoms with E-state index in [0.29, 0.717) is 5.56 Å². The summed E-state index contributed by atoms with van der Waals surface area (Å²) in [6.45, 7) is 2.79. The lowest BCUT2D eigenvalue weighted by atomic mass is 10.0. The Balaban J connectivity index is 1.70. The number of aromatic nitrogens is 1. The Hall–Kier alpha value is -2.24. The molecular formula is C20H20N2O2S. The molecule has 0 spiro atoms. The van der Waals surface area contributed by atoms with Crippen LogP contribution in [0.5, 0.6) is 0 Å². The molecule has 1 amide bonds. The van der Waals surface area contributed by atoms with E-state index in [1.54, 1.807) is 11.3 Å². The van der Waals surface area contributed by atoms with Gasteiger partial charge >= 0.3 is 0 Å². The third kappa shape index (κ3) is 3.30. The molecule has 0 aliphatic carbocycles. The Labute approximate surface area is 150 Å². The van der Waals surface area contributed by atoms with Gasteiger partial charge in [0.25, 0.3) is 5.91 Å². The van der Waals surface area contributed by atoms with Crippen molar-refractivity contribution in [1.82, 2.24) is 10.3 Å². The van der Waals surface area contributed by atoms with Gasteiger partial charge in [0.2, 0.25) is 0 Å². The van der Waals surface area contributed by atoms with Crippen molar-refractivity contribution in [3.63, 3.8) is 0 Å². The first kappa shape index (κ1) is 16.2. The van der Waals surface area contributed by atoms with E-state index in [2.05, 4.69) is 5.32 Å². The summed E-state index contributed by atoms with van der Waals surface area (Å²) in [5.41, 5.74) is 2.34. The molecule has 1 aliphatic heterocycles. The summed E-state index contributed by atoms with van der Waals surface area (Å²) in [6.07, 6.45) is 2.17. The highest BCUT2D eigenvalue weighted by atomic mass is 32.1. The first-order chi connectivity index (χ1) is 12.2. The van der Waals surface area contributed by atoms with Gasteiger partial charge in [0.1, 0.15) is 0 Å². The van der Waals surface area contributed by atoms with Gasteiger partial charge in [0, 0.05) is 12.0 Å². The average molecular weight is 352 g/mol. The lowest BCUT2D eigenvalue weighted by molar-refractivity contribution is 0.0713. The Bertz CT molecular complexity index is 886. The van der Waals surface area contributed by atoms with Crippen molar-refractivity contribution in [1.29, 1.82) is 0 Å². The highest BCUT2D eigenvalue weighted by Crippen LogP contribution is 2.28. The van der Waals surface area contributed by atoms with Crippen molar-refractivity contribution >= 4 is 28.1 Å². The number of thiophene rings is 1. The van der Waals surface area contributed by atoms with Crippen LogP contribution in [0.4, 0.5) is 0 Å². The van der Waals surface area contributed by atoms with Gasteiger partial charge in [0.05, 0.1) is 33.8 Å². The standard InChI is InChI=1S/C20H20N2O2S/c1-13(18-8-4-10-24-18)21-20(23)15-12-17(19-9-5-11-25-19)22-16-7-3-2-6-14(15)16/h2-3,5-7,9,11-13,18H,4,8,10H2,1H3,(H,21,23)/t13-,18+/m0/s1. The highest BCUT2D eigenvalue weighted by Gasteiger charge is 2.25. The van der Waals surface area contributed by atoms with E-state index in [-0.39, 0.29) is 18.1 Å². The molecule has 0 bridgehead atoms. The van der Waals surface area contributed by atoms with Gasteiger partial charge < -0.3 is 10.1 Å². The molecule has 0 radical (unpaired) electrons. The number of carbonyl (C=O) groups is 1. The Morgan fingerprint density at radius 2 is 2.20 bits per heavy atom. The fourth-order valence-electron chi connectivity index (χ4n) is 3.29. The largest absolute Gasteiger partial charge is 0.376 e. The molecule has 1 aromatic carbocycles. The summed E-state index contributed by atoms with van der Waals surface area (Å²) in [5, 5.41) is 6.01. The molecule has 25 heavy (non-hydrogen) atoms. The van der Waals surface area contributed by atoms with Crippen molar-refractivity contribution in [3.8, 4) is 10.6 Å². The van der Waals surface area contributed by atoms with Crippen molar-refractivity contribution in [2.45, 2.75) is 31.9 Å². The molecule has 4 rings (SSSR count). The summed E-state index contributed by atoms with van der Waals surface area (Å²) in [6, 6.07) is 13.7. The van der Waals surface area contributed by atoms with Crippen LogP contribution < -0.4 is 5.32 Å². The van der Waals surface area contributed by atoms with E-state index >= 15 is 0 Å². The van der Waals surface area contributed by atoms with Crippen LogP contribution in [0, 0.1) is 0 Å². The van der Waals surface area contributed by atoms with Crippen LogP contribution in [-0.4, -0.2) is 29.6 Å². The van der Waals surface area contributed by atoms with E-state index < -0.39 is 0 Å². The van der Waals surface area contributed by atoms with Crippen LogP contribution in [0.1, 0.15) is 30.1 Å². The van der Waals surface area contributed by atoms with E-state index in [9.17, 15) is 4.79 Å². The second-order valence-corrected chi connectivity index (χ2v) is 7.31. The first-order valence-corrected chi connectivity index (χ1v) is 9.46. The van der Waals surface area contributed by atoms with E-state index in [4.69, 9.17) is 9.72 Å². The van der Waals surface area contributed by atoms with Crippen LogP contribution in [-0.2, 0) is 4.74 Å². The van der Waals surface area contributed by atoms with E-state index in [0.717, 1.165) is 40.9 Å². The van der Waals surface area contributed by atoms with Crippen molar-refractivity contribution in [3.05, 3.63) is 53.4 Å². The van der Waals surface area contributed by atoms with Crippen molar-refractivity contribution in [2.75, 3.05) is 6.61 Å². The number of pyridine rings is 1. The number of hydrogen-bond donors (Lipinski definition) is 1. The number of nitrogens with zero attached hydrogens (tertiary/aromatic N) is 1. The smallest absolute Gasteiger partial charge is 0.252 e. The molecule has 0 saturated carbocycles. The minimum Gasteiger partial charge on any atom is -0.376 e. The zero-order valence-corrected chi connectivity index (χ0v) is 14.9. The average Bonchev–Trinajstić information content (AvgIpc) is 3.34. The van der Waals surface area contributed by atoms with E-state index in [1.807, 2.05) is 54.8 Å². The molecule has 1 N–H and O–H groups in total. The third-order valence-electron chi connectivity index (χ3n) is 4.62. The summed E-state index contributed by atoms with van der Waals surface area (Å²) in [7, 11) is 0. The quantitative estimate of drug-likeness (QED) is 0.763. The topological polar surface area (TPSA) is 51.2 Å². The van der Waals surface area contributed by atoms with Gasteiger partial charge in [-0.3, -0.25) is 4.79 Å². The van der Waals surface area contributed by atoms with Gasteiger partial charge in [-0.15, -0.1) is 11.3 Å². The summed E-state index contributed by atoms with van der Waals surface area (Å²) in [5.74, 6) is -0.0700. The van der Waals surface area contributed by atoms with Crippen LogP contribution in [0.3, 0.4) is 0 Å². The number of benzene rings is 1. The molecule has 2 aromatic heterocycles. The number of hydrogen-bond acceptors (Lipinski definition) is 4. The maximum absolute atomic E-state index is 13.0. The highest BCUT2D eigenvalue weighted by molar-refractivity contribution is 7.13. The van der Waals surface area contributed by atoms with Gasteiger partial charge in [-0.25, -0.2) is 4.98 Å². The number of rotatable bonds is 4. The molecule has 4 nitrogen and oxygen atoms in total. The summed E-state index contributed by atoms with van der Waals surface area (Å²) in [4.78, 5) is 18.7. The molecule has 3 heterocycles. The van der Waals surface area contributed by atoms with Gasteiger partial charge in [-0.05, 0) is 43.3 Å². The predicted octanol–water partition coefficient (Wildman–Crippen LogP) is 4.26. The lowest BCUT2D eigenvalue weighted by Crippen LogP contribution is -2.40. The van der Waals surface area contributed by atoms with Gasteiger partial charge in [0.15, 0.2) is 0 Å². The molecule has 1 saturated heterocycles. The number of fused-ring (bicyclic) bond motifs is 1. The second kappa shape index (κ2) is 6.94. The SMILES string of the molecule is C[C@H](NC(=O)c1cc(-c2cccs2)nc2ccccc12)[C@H]1CCCO1. The second-order valence-electron chi connectivity index (χ2n) is 6.36. The van der Waals surface area contributed by atoms with Crippen LogP contribution in [0.15, 0.2) is 47.8 Å². The lowest BCUT2D eigenvalue weighted by Gasteiger charge is -2.20. The molecule has 2 atom stereocenters. The van der Waals surface area contributed by atoms with Crippen LogP contribution in [0.25, 0.3) is 21.5 Å². The third-order valence-corrected chi connectivity index (χ3v) is 5.51. The predicted molar refractivity (Wildman–Crippen MR) is 101 cm³/mol. The molecule has 3 aromatic rings. The zero-order chi connectivity index (χ0) is 17.2.